The van der Waals surface area contributed by atoms with Crippen LogP contribution in [0.2, 0.25) is 0 Å². The highest BCUT2D eigenvalue weighted by Gasteiger charge is 2.18. The molecule has 0 aliphatic carbocycles. The van der Waals surface area contributed by atoms with Crippen LogP contribution < -0.4 is 10.0 Å². The summed E-state index contributed by atoms with van der Waals surface area (Å²) in [6.07, 6.45) is 0.533. The van der Waals surface area contributed by atoms with E-state index in [1.165, 1.54) is 12.1 Å². The Morgan fingerprint density at radius 2 is 1.56 bits per heavy atom. The number of hydrogen-bond donors (Lipinski definition) is 2. The summed E-state index contributed by atoms with van der Waals surface area (Å²) in [5.74, 6) is 0.813. The summed E-state index contributed by atoms with van der Waals surface area (Å²) in [7, 11) is -3.93. The maximum atomic E-state index is 12.4. The van der Waals surface area contributed by atoms with E-state index in [-0.39, 0.29) is 11.4 Å². The van der Waals surface area contributed by atoms with Gasteiger partial charge in [0, 0.05) is 23.5 Å². The van der Waals surface area contributed by atoms with Gasteiger partial charge in [-0.05, 0) is 68.7 Å². The summed E-state index contributed by atoms with van der Waals surface area (Å²) in [5, 5.41) is 2.62. The molecule has 9 heteroatoms. The number of fused-ring (bicyclic) bond motifs is 1. The van der Waals surface area contributed by atoms with E-state index in [1.54, 1.807) is 12.1 Å². The van der Waals surface area contributed by atoms with E-state index in [2.05, 4.69) is 14.6 Å². The third-order valence-corrected chi connectivity index (χ3v) is 7.77. The molecule has 2 amide bonds. The molecule has 0 atom stereocenters. The van der Waals surface area contributed by atoms with Crippen molar-refractivity contribution in [2.75, 3.05) is 6.54 Å². The highest BCUT2D eigenvalue weighted by atomic mass is 32.2. The first-order chi connectivity index (χ1) is 18.7. The fourth-order valence-corrected chi connectivity index (χ4v) is 5.38. The van der Waals surface area contributed by atoms with E-state index >= 15 is 0 Å². The van der Waals surface area contributed by atoms with Crippen molar-refractivity contribution >= 4 is 27.2 Å². The molecule has 5 aromatic rings. The van der Waals surface area contributed by atoms with Gasteiger partial charge >= 0.3 is 6.03 Å². The molecule has 5 rings (SSSR count). The minimum absolute atomic E-state index is 0.0422. The number of hydrogen-bond acceptors (Lipinski definition) is 5. The minimum Gasteiger partial charge on any atom is -0.337 e. The number of nitrogens with one attached hydrogen (secondary N) is 2. The van der Waals surface area contributed by atoms with Crippen LogP contribution in [0.1, 0.15) is 22.4 Å². The van der Waals surface area contributed by atoms with Crippen molar-refractivity contribution in [1.29, 1.82) is 0 Å². The molecule has 2 aromatic heterocycles. The van der Waals surface area contributed by atoms with Crippen LogP contribution in [0.4, 0.5) is 4.79 Å². The highest BCUT2D eigenvalue weighted by Crippen LogP contribution is 2.29. The number of nitrogens with zero attached hydrogens (tertiary/aromatic N) is 3. The Labute approximate surface area is 227 Å². The van der Waals surface area contributed by atoms with Gasteiger partial charge in [0.2, 0.25) is 0 Å². The van der Waals surface area contributed by atoms with Gasteiger partial charge in [0.05, 0.1) is 4.90 Å². The van der Waals surface area contributed by atoms with Crippen LogP contribution in [-0.4, -0.2) is 35.5 Å². The van der Waals surface area contributed by atoms with E-state index < -0.39 is 16.1 Å². The smallest absolute Gasteiger partial charge is 0.328 e. The zero-order valence-electron chi connectivity index (χ0n) is 22.0. The molecular formula is C30H29N5O3S. The van der Waals surface area contributed by atoms with Gasteiger partial charge in [0.15, 0.2) is 5.65 Å². The fraction of sp³-hybridized carbons (Fsp3) is 0.167. The minimum atomic E-state index is -3.93. The number of carbonyl (C=O) groups excluding carboxylic acids is 1. The molecule has 2 N–H and O–H groups in total. The lowest BCUT2D eigenvalue weighted by molar-refractivity contribution is 0.246. The van der Waals surface area contributed by atoms with Crippen LogP contribution in [-0.2, 0) is 16.4 Å². The van der Waals surface area contributed by atoms with Gasteiger partial charge in [0.25, 0.3) is 10.0 Å². The first-order valence-corrected chi connectivity index (χ1v) is 14.1. The van der Waals surface area contributed by atoms with Crippen molar-refractivity contribution in [3.63, 3.8) is 0 Å². The van der Waals surface area contributed by atoms with Gasteiger partial charge < -0.3 is 5.32 Å². The number of carbonyl (C=O) groups is 1. The Balaban J connectivity index is 1.31. The van der Waals surface area contributed by atoms with Crippen molar-refractivity contribution in [3.05, 3.63) is 107 Å². The zero-order chi connectivity index (χ0) is 27.6. The van der Waals surface area contributed by atoms with Crippen molar-refractivity contribution in [2.24, 2.45) is 0 Å². The molecule has 0 aliphatic heterocycles. The van der Waals surface area contributed by atoms with Gasteiger partial charge in [-0.15, -0.1) is 0 Å². The molecule has 8 nitrogen and oxygen atoms in total. The van der Waals surface area contributed by atoms with Crippen LogP contribution in [0.15, 0.2) is 89.8 Å². The summed E-state index contributed by atoms with van der Waals surface area (Å²) < 4.78 is 29.0. The lowest BCUT2D eigenvalue weighted by Gasteiger charge is -2.11. The molecule has 0 aliphatic rings. The molecule has 198 valence electrons. The topological polar surface area (TPSA) is 106 Å². The number of urea groups is 1. The average Bonchev–Trinajstić information content (AvgIpc) is 3.29. The van der Waals surface area contributed by atoms with Crippen molar-refractivity contribution < 1.29 is 13.2 Å². The van der Waals surface area contributed by atoms with E-state index in [1.807, 2.05) is 81.4 Å². The highest BCUT2D eigenvalue weighted by molar-refractivity contribution is 7.90. The van der Waals surface area contributed by atoms with Crippen molar-refractivity contribution in [3.8, 4) is 17.1 Å². The second-order valence-electron chi connectivity index (χ2n) is 9.48. The Morgan fingerprint density at radius 3 is 2.26 bits per heavy atom. The molecule has 0 fully saturated rings. The molecule has 0 spiro atoms. The van der Waals surface area contributed by atoms with Gasteiger partial charge in [-0.25, -0.2) is 27.9 Å². The maximum absolute atomic E-state index is 12.4. The Kier molecular flexibility index (Phi) is 7.17. The van der Waals surface area contributed by atoms with E-state index in [4.69, 9.17) is 9.97 Å². The third-order valence-electron chi connectivity index (χ3n) is 6.42. The first kappa shape index (κ1) is 26.1. The maximum Gasteiger partial charge on any atom is 0.328 e. The number of aryl methyl sites for hydroxylation is 3. The predicted molar refractivity (Wildman–Crippen MR) is 152 cm³/mol. The van der Waals surface area contributed by atoms with E-state index in [9.17, 15) is 13.2 Å². The third kappa shape index (κ3) is 5.68. The number of pyridine rings is 1. The lowest BCUT2D eigenvalue weighted by Crippen LogP contribution is -2.40. The number of imidazole rings is 1. The molecule has 2 heterocycles. The summed E-state index contributed by atoms with van der Waals surface area (Å²) in [6.45, 7) is 6.16. The van der Waals surface area contributed by atoms with Crippen LogP contribution in [0, 0.1) is 20.8 Å². The van der Waals surface area contributed by atoms with Gasteiger partial charge in [-0.3, -0.25) is 4.57 Å². The van der Waals surface area contributed by atoms with Crippen molar-refractivity contribution in [2.45, 2.75) is 32.1 Å². The van der Waals surface area contributed by atoms with Crippen LogP contribution in [0.5, 0.6) is 0 Å². The molecule has 0 saturated carbocycles. The summed E-state index contributed by atoms with van der Waals surface area (Å²) >= 11 is 0. The monoisotopic (exact) mass is 539 g/mol. The standard InChI is InChI=1S/C30H29N5O3S/c1-20-9-15-26(16-10-20)39(37,38)34-30(36)31-18-17-23-11-13-25(14-12-23)35-28(24-7-5-4-6-8-24)33-27-21(2)19-22(3)32-29(27)35/h4-16,19H,17-18H2,1-3H3,(H2,31,34,36). The summed E-state index contributed by atoms with van der Waals surface area (Å²) in [6, 6.07) is 25.6. The van der Waals surface area contributed by atoms with Crippen LogP contribution in [0.3, 0.4) is 0 Å². The zero-order valence-corrected chi connectivity index (χ0v) is 22.8. The first-order valence-electron chi connectivity index (χ1n) is 12.6. The molecule has 39 heavy (non-hydrogen) atoms. The molecule has 0 radical (unpaired) electrons. The van der Waals surface area contributed by atoms with E-state index in [0.717, 1.165) is 50.6 Å². The summed E-state index contributed by atoms with van der Waals surface area (Å²) in [4.78, 5) is 22.0. The normalized spacial score (nSPS) is 11.5. The Hall–Kier alpha value is -4.50. The lowest BCUT2D eigenvalue weighted by atomic mass is 10.1. The number of rotatable bonds is 7. The molecular weight excluding hydrogens is 510 g/mol. The second-order valence-corrected chi connectivity index (χ2v) is 11.2. The largest absolute Gasteiger partial charge is 0.337 e. The SMILES string of the molecule is Cc1ccc(S(=O)(=O)NC(=O)NCCc2ccc(-n3c(-c4ccccc4)nc4c(C)cc(C)nc43)cc2)cc1. The second kappa shape index (κ2) is 10.7. The Bertz CT molecular complexity index is 1750. The van der Waals surface area contributed by atoms with Gasteiger partial charge in [-0.1, -0.05) is 60.2 Å². The predicted octanol–water partition coefficient (Wildman–Crippen LogP) is 5.24. The molecule has 0 unspecified atom stereocenters. The van der Waals surface area contributed by atoms with E-state index in [0.29, 0.717) is 6.42 Å². The number of amides is 2. The summed E-state index contributed by atoms with van der Waals surface area (Å²) in [5.41, 5.74) is 7.49. The Morgan fingerprint density at radius 1 is 0.872 bits per heavy atom. The number of sulfonamides is 1. The van der Waals surface area contributed by atoms with Crippen LogP contribution >= 0.6 is 0 Å². The van der Waals surface area contributed by atoms with Gasteiger partial charge in [0.1, 0.15) is 11.3 Å². The molecule has 3 aromatic carbocycles. The average molecular weight is 540 g/mol. The van der Waals surface area contributed by atoms with Crippen molar-refractivity contribution in [1.82, 2.24) is 24.6 Å². The molecule has 0 bridgehead atoms. The quantitative estimate of drug-likeness (QED) is 0.294. The fourth-order valence-electron chi connectivity index (χ4n) is 4.45. The van der Waals surface area contributed by atoms with Gasteiger partial charge in [-0.2, -0.15) is 0 Å². The van der Waals surface area contributed by atoms with Crippen LogP contribution in [0.25, 0.3) is 28.2 Å². The number of aromatic nitrogens is 3. The number of benzene rings is 3. The molecule has 0 saturated heterocycles.